The first-order chi connectivity index (χ1) is 22.2. The molecule has 2 aromatic heterocycles. The number of hydrogen-bond acceptors (Lipinski definition) is 7. The molecule has 0 amide bonds. The fraction of sp³-hybridized carbons (Fsp3) is 0.556. The molecule has 1 fully saturated rings. The van der Waals surface area contributed by atoms with E-state index in [0.29, 0.717) is 26.6 Å². The van der Waals surface area contributed by atoms with Crippen LogP contribution in [0.3, 0.4) is 0 Å². The highest BCUT2D eigenvalue weighted by Crippen LogP contribution is 2.35. The second-order valence-corrected chi connectivity index (χ2v) is 19.3. The van der Waals surface area contributed by atoms with Crippen molar-refractivity contribution in [2.75, 3.05) is 26.4 Å². The van der Waals surface area contributed by atoms with Crippen molar-refractivity contribution in [1.82, 2.24) is 19.6 Å². The zero-order valence-electron chi connectivity index (χ0n) is 28.3. The highest BCUT2D eigenvalue weighted by Gasteiger charge is 2.23. The minimum absolute atomic E-state index is 0.00443. The van der Waals surface area contributed by atoms with Gasteiger partial charge in [-0.1, -0.05) is 50.0 Å². The highest BCUT2D eigenvalue weighted by atomic mass is 28.3. The molecule has 1 aliphatic heterocycles. The zero-order valence-corrected chi connectivity index (χ0v) is 29.3. The molecule has 3 atom stereocenters. The molecule has 0 bridgehead atoms. The van der Waals surface area contributed by atoms with Crippen molar-refractivity contribution >= 4 is 19.0 Å². The third-order valence-corrected chi connectivity index (χ3v) is 9.98. The van der Waals surface area contributed by atoms with Crippen LogP contribution in [0.1, 0.15) is 57.7 Å². The molecule has 2 aromatic carbocycles. The maximum Gasteiger partial charge on any atom is 0.150 e. The number of rotatable bonds is 18. The number of benzene rings is 2. The molecule has 46 heavy (non-hydrogen) atoms. The molecule has 4 aromatic rings. The van der Waals surface area contributed by atoms with E-state index in [9.17, 15) is 0 Å². The number of aromatic nitrogens is 4. The van der Waals surface area contributed by atoms with Gasteiger partial charge >= 0.3 is 0 Å². The van der Waals surface area contributed by atoms with Gasteiger partial charge in [0.15, 0.2) is 6.23 Å². The van der Waals surface area contributed by atoms with E-state index >= 15 is 0 Å². The van der Waals surface area contributed by atoms with E-state index in [2.05, 4.69) is 62.9 Å². The number of fused-ring (bicyclic) bond motifs is 1. The molecule has 3 heterocycles. The first kappa shape index (κ1) is 34.3. The Kier molecular flexibility index (Phi) is 12.5. The lowest BCUT2D eigenvalue weighted by atomic mass is 10.1. The summed E-state index contributed by atoms with van der Waals surface area (Å²) in [6.45, 7) is 15.2. The lowest BCUT2D eigenvalue weighted by Crippen LogP contribution is -2.22. The smallest absolute Gasteiger partial charge is 0.150 e. The first-order valence-corrected chi connectivity index (χ1v) is 20.6. The van der Waals surface area contributed by atoms with Crippen LogP contribution in [0.2, 0.25) is 25.7 Å². The minimum atomic E-state index is -1.14. The molecule has 1 unspecified atom stereocenters. The standard InChI is InChI=1S/C36H52N4O5Si/c1-28(16-19-41-26-30-11-7-6-8-12-30)43-20-17-29(2)45-32-14-15-34-33(23-32)36(38-40(34)35-13-9-10-18-44-35)31-24-37-39(25-31)27-42-21-22-46(3,4)5/h6-8,11-12,14-15,23-25,28-29,35H,9-10,13,16-22,26-27H2,1-5H3/t28-,29+,35?/m0/s1. The van der Waals surface area contributed by atoms with E-state index < -0.39 is 8.07 Å². The molecular weight excluding hydrogens is 597 g/mol. The van der Waals surface area contributed by atoms with Crippen molar-refractivity contribution in [3.63, 3.8) is 0 Å². The van der Waals surface area contributed by atoms with Crippen molar-refractivity contribution in [2.45, 2.75) is 103 Å². The summed E-state index contributed by atoms with van der Waals surface area (Å²) in [4.78, 5) is 0. The Labute approximate surface area is 275 Å². The van der Waals surface area contributed by atoms with Crippen LogP contribution in [0.4, 0.5) is 0 Å². The van der Waals surface area contributed by atoms with Crippen LogP contribution in [-0.4, -0.2) is 66.3 Å². The Hall–Kier alpha value is -3.02. The number of nitrogens with zero attached hydrogens (tertiary/aromatic N) is 4. The molecule has 0 N–H and O–H groups in total. The Morgan fingerprint density at radius 3 is 2.57 bits per heavy atom. The molecule has 10 heteroatoms. The molecule has 5 rings (SSSR count). The predicted molar refractivity (Wildman–Crippen MR) is 185 cm³/mol. The summed E-state index contributed by atoms with van der Waals surface area (Å²) in [5.41, 5.74) is 4.05. The van der Waals surface area contributed by atoms with E-state index in [0.717, 1.165) is 79.3 Å². The van der Waals surface area contributed by atoms with E-state index in [1.54, 1.807) is 0 Å². The topological polar surface area (TPSA) is 81.8 Å². The van der Waals surface area contributed by atoms with E-state index in [1.807, 2.05) is 46.0 Å². The summed E-state index contributed by atoms with van der Waals surface area (Å²) < 4.78 is 34.2. The summed E-state index contributed by atoms with van der Waals surface area (Å²) in [6, 6.07) is 17.6. The summed E-state index contributed by atoms with van der Waals surface area (Å²) in [7, 11) is -1.14. The van der Waals surface area contributed by atoms with Crippen LogP contribution in [0, 0.1) is 0 Å². The van der Waals surface area contributed by atoms with Gasteiger partial charge in [-0.05, 0) is 69.3 Å². The van der Waals surface area contributed by atoms with Crippen molar-refractivity contribution in [3.8, 4) is 17.0 Å². The normalized spacial score (nSPS) is 16.9. The monoisotopic (exact) mass is 648 g/mol. The van der Waals surface area contributed by atoms with E-state index in [-0.39, 0.29) is 18.4 Å². The van der Waals surface area contributed by atoms with Gasteiger partial charge in [0, 0.05) is 51.5 Å². The maximum absolute atomic E-state index is 6.38. The van der Waals surface area contributed by atoms with Gasteiger partial charge in [-0.25, -0.2) is 9.36 Å². The van der Waals surface area contributed by atoms with E-state index in [4.69, 9.17) is 28.8 Å². The molecule has 250 valence electrons. The molecule has 0 radical (unpaired) electrons. The summed E-state index contributed by atoms with van der Waals surface area (Å²) >= 11 is 0. The van der Waals surface area contributed by atoms with Crippen LogP contribution in [0.25, 0.3) is 22.2 Å². The summed E-state index contributed by atoms with van der Waals surface area (Å²) in [5.74, 6) is 0.815. The van der Waals surface area contributed by atoms with Crippen molar-refractivity contribution < 1.29 is 23.7 Å². The molecule has 9 nitrogen and oxygen atoms in total. The predicted octanol–water partition coefficient (Wildman–Crippen LogP) is 8.08. The Balaban J connectivity index is 1.18. The largest absolute Gasteiger partial charge is 0.491 e. The summed E-state index contributed by atoms with van der Waals surface area (Å²) in [5, 5.41) is 10.7. The van der Waals surface area contributed by atoms with Crippen LogP contribution in [0.5, 0.6) is 5.75 Å². The van der Waals surface area contributed by atoms with Crippen LogP contribution in [0.15, 0.2) is 60.9 Å². The molecule has 0 saturated carbocycles. The molecule has 1 aliphatic rings. The molecular formula is C36H52N4O5Si. The lowest BCUT2D eigenvalue weighted by Gasteiger charge is -2.23. The number of ether oxygens (including phenoxy) is 5. The van der Waals surface area contributed by atoms with Gasteiger partial charge in [0.2, 0.25) is 0 Å². The molecule has 1 saturated heterocycles. The highest BCUT2D eigenvalue weighted by molar-refractivity contribution is 6.76. The van der Waals surface area contributed by atoms with Crippen LogP contribution in [-0.2, 0) is 32.3 Å². The van der Waals surface area contributed by atoms with Gasteiger partial charge in [0.1, 0.15) is 18.2 Å². The van der Waals surface area contributed by atoms with Crippen LogP contribution < -0.4 is 4.74 Å². The Morgan fingerprint density at radius 1 is 0.957 bits per heavy atom. The second kappa shape index (κ2) is 16.7. The van der Waals surface area contributed by atoms with E-state index in [1.165, 1.54) is 5.56 Å². The quantitative estimate of drug-likeness (QED) is 0.0797. The minimum Gasteiger partial charge on any atom is -0.491 e. The fourth-order valence-corrected chi connectivity index (χ4v) is 6.22. The average molecular weight is 649 g/mol. The fourth-order valence-electron chi connectivity index (χ4n) is 5.46. The van der Waals surface area contributed by atoms with Crippen molar-refractivity contribution in [1.29, 1.82) is 0 Å². The summed E-state index contributed by atoms with van der Waals surface area (Å²) in [6.07, 6.45) is 8.77. The van der Waals surface area contributed by atoms with Crippen LogP contribution >= 0.6 is 0 Å². The molecule has 0 aliphatic carbocycles. The Bertz CT molecular complexity index is 1480. The zero-order chi connectivity index (χ0) is 32.4. The average Bonchev–Trinajstić information content (AvgIpc) is 3.66. The van der Waals surface area contributed by atoms with Gasteiger partial charge in [0.05, 0.1) is 37.1 Å². The first-order valence-electron chi connectivity index (χ1n) is 16.9. The van der Waals surface area contributed by atoms with Crippen molar-refractivity contribution in [2.24, 2.45) is 0 Å². The lowest BCUT2D eigenvalue weighted by molar-refractivity contribution is -0.0365. The van der Waals surface area contributed by atoms with Crippen molar-refractivity contribution in [3.05, 3.63) is 66.5 Å². The van der Waals surface area contributed by atoms with Gasteiger partial charge < -0.3 is 23.7 Å². The second-order valence-electron chi connectivity index (χ2n) is 13.6. The maximum atomic E-state index is 6.38. The third-order valence-electron chi connectivity index (χ3n) is 8.28. The Morgan fingerprint density at radius 2 is 1.78 bits per heavy atom. The van der Waals surface area contributed by atoms with Gasteiger partial charge in [-0.2, -0.15) is 10.2 Å². The number of hydrogen-bond donors (Lipinski definition) is 0. The van der Waals surface area contributed by atoms with Gasteiger partial charge in [0.25, 0.3) is 0 Å². The van der Waals surface area contributed by atoms with Gasteiger partial charge in [-0.15, -0.1) is 0 Å². The third kappa shape index (κ3) is 10.2. The SMILES string of the molecule is C[C@H](CCO[C@@H](C)CCOCc1ccccc1)Oc1ccc2c(c1)c(-c1cnn(COCC[Si](C)(C)C)c1)nn2C1CCCCO1. The molecule has 0 spiro atoms. The van der Waals surface area contributed by atoms with Gasteiger partial charge in [-0.3, -0.25) is 0 Å².